The molecule has 0 radical (unpaired) electrons. The monoisotopic (exact) mass is 297 g/mol. The van der Waals surface area contributed by atoms with Crippen molar-refractivity contribution in [2.24, 2.45) is 0 Å². The number of rotatable bonds is 4. The van der Waals surface area contributed by atoms with Gasteiger partial charge in [0.1, 0.15) is 0 Å². The normalized spacial score (nSPS) is 16.4. The number of nitrogen functional groups attached to an aromatic ring is 1. The van der Waals surface area contributed by atoms with Gasteiger partial charge < -0.3 is 15.8 Å². The number of carbonyl (C=O) groups is 1. The van der Waals surface area contributed by atoms with Crippen LogP contribution in [0.25, 0.3) is 0 Å². The van der Waals surface area contributed by atoms with E-state index in [4.69, 9.17) is 22.1 Å². The van der Waals surface area contributed by atoms with Crippen molar-refractivity contribution < 1.29 is 9.53 Å². The molecule has 1 saturated heterocycles. The molecule has 0 saturated carbocycles. The van der Waals surface area contributed by atoms with E-state index in [2.05, 4.69) is 10.2 Å². The quantitative estimate of drug-likeness (QED) is 0.834. The Labute approximate surface area is 124 Å². The lowest BCUT2D eigenvalue weighted by atomic mass is 10.1. The maximum atomic E-state index is 12.0. The molecule has 0 spiro atoms. The first-order valence-electron chi connectivity index (χ1n) is 6.69. The number of benzene rings is 1. The van der Waals surface area contributed by atoms with Crippen LogP contribution < -0.4 is 11.1 Å². The zero-order chi connectivity index (χ0) is 14.5. The largest absolute Gasteiger partial charge is 0.399 e. The van der Waals surface area contributed by atoms with Crippen LogP contribution in [0.15, 0.2) is 18.2 Å². The molecule has 1 aliphatic rings. The fourth-order valence-corrected chi connectivity index (χ4v) is 2.54. The second-order valence-corrected chi connectivity index (χ2v) is 5.45. The first kappa shape index (κ1) is 15.1. The molecule has 1 amide bonds. The van der Waals surface area contributed by atoms with Crippen molar-refractivity contribution in [1.82, 2.24) is 4.90 Å². The van der Waals surface area contributed by atoms with E-state index in [1.807, 2.05) is 7.05 Å². The molecule has 1 aliphatic heterocycles. The van der Waals surface area contributed by atoms with Crippen LogP contribution in [0.4, 0.5) is 11.4 Å². The van der Waals surface area contributed by atoms with Gasteiger partial charge in [0, 0.05) is 24.9 Å². The van der Waals surface area contributed by atoms with E-state index in [1.165, 1.54) is 0 Å². The van der Waals surface area contributed by atoms with E-state index in [0.717, 1.165) is 26.1 Å². The van der Waals surface area contributed by atoms with Gasteiger partial charge in [-0.1, -0.05) is 11.6 Å². The third kappa shape index (κ3) is 4.10. The molecule has 0 bridgehead atoms. The molecule has 0 atom stereocenters. The summed E-state index contributed by atoms with van der Waals surface area (Å²) in [6, 6.07) is 5.45. The number of amides is 1. The van der Waals surface area contributed by atoms with Crippen LogP contribution in [0, 0.1) is 0 Å². The molecule has 110 valence electrons. The molecule has 2 rings (SSSR count). The highest BCUT2D eigenvalue weighted by Crippen LogP contribution is 2.24. The first-order valence-corrected chi connectivity index (χ1v) is 7.07. The predicted molar refractivity (Wildman–Crippen MR) is 81.0 cm³/mol. The predicted octanol–water partition coefficient (Wildman–Crippen LogP) is 1.97. The zero-order valence-electron chi connectivity index (χ0n) is 11.6. The summed E-state index contributed by atoms with van der Waals surface area (Å²) in [5.74, 6) is -0.0781. The highest BCUT2D eigenvalue weighted by atomic mass is 35.5. The van der Waals surface area contributed by atoms with Gasteiger partial charge in [-0.25, -0.2) is 0 Å². The molecule has 1 heterocycles. The van der Waals surface area contributed by atoms with Gasteiger partial charge >= 0.3 is 0 Å². The highest BCUT2D eigenvalue weighted by Gasteiger charge is 2.20. The number of anilines is 2. The molecule has 3 N–H and O–H groups in total. The summed E-state index contributed by atoms with van der Waals surface area (Å²) in [4.78, 5) is 14.1. The average molecular weight is 298 g/mol. The van der Waals surface area contributed by atoms with Crippen LogP contribution in [0.1, 0.15) is 12.8 Å². The van der Waals surface area contributed by atoms with E-state index >= 15 is 0 Å². The van der Waals surface area contributed by atoms with E-state index < -0.39 is 0 Å². The number of halogens is 1. The smallest absolute Gasteiger partial charge is 0.238 e. The van der Waals surface area contributed by atoms with Gasteiger partial charge in [0.15, 0.2) is 0 Å². The van der Waals surface area contributed by atoms with Crippen LogP contribution in [0.3, 0.4) is 0 Å². The van der Waals surface area contributed by atoms with Crippen molar-refractivity contribution in [2.45, 2.75) is 18.9 Å². The Morgan fingerprint density at radius 1 is 1.50 bits per heavy atom. The van der Waals surface area contributed by atoms with Gasteiger partial charge in [-0.15, -0.1) is 0 Å². The molecule has 1 aromatic carbocycles. The Balaban J connectivity index is 1.88. The molecule has 0 unspecified atom stereocenters. The zero-order valence-corrected chi connectivity index (χ0v) is 12.3. The molecule has 6 heteroatoms. The summed E-state index contributed by atoms with van der Waals surface area (Å²) in [6.07, 6.45) is 1.93. The number of hydrogen-bond donors (Lipinski definition) is 2. The Hall–Kier alpha value is -1.30. The molecule has 20 heavy (non-hydrogen) atoms. The lowest BCUT2D eigenvalue weighted by Gasteiger charge is -2.30. The molecular weight excluding hydrogens is 278 g/mol. The van der Waals surface area contributed by atoms with Crippen LogP contribution in [0.5, 0.6) is 0 Å². The standard InChI is InChI=1S/C14H20ClN3O2/c1-18(11-4-6-20-7-5-11)9-14(19)17-13-3-2-10(16)8-12(13)15/h2-3,8,11H,4-7,9,16H2,1H3,(H,17,19). The number of nitrogens with zero attached hydrogens (tertiary/aromatic N) is 1. The fourth-order valence-electron chi connectivity index (χ4n) is 2.30. The van der Waals surface area contributed by atoms with Gasteiger partial charge in [-0.05, 0) is 38.1 Å². The number of nitrogens with two attached hydrogens (primary N) is 1. The lowest BCUT2D eigenvalue weighted by molar-refractivity contribution is -0.118. The number of nitrogens with one attached hydrogen (secondary N) is 1. The lowest BCUT2D eigenvalue weighted by Crippen LogP contribution is -2.41. The van der Waals surface area contributed by atoms with Gasteiger partial charge in [-0.3, -0.25) is 9.69 Å². The minimum Gasteiger partial charge on any atom is -0.399 e. The highest BCUT2D eigenvalue weighted by molar-refractivity contribution is 6.34. The third-order valence-electron chi connectivity index (χ3n) is 3.47. The maximum absolute atomic E-state index is 12.0. The summed E-state index contributed by atoms with van der Waals surface area (Å²) >= 11 is 6.03. The molecule has 1 fully saturated rings. The summed E-state index contributed by atoms with van der Waals surface area (Å²) in [7, 11) is 1.96. The fraction of sp³-hybridized carbons (Fsp3) is 0.500. The topological polar surface area (TPSA) is 67.6 Å². The van der Waals surface area contributed by atoms with Crippen molar-refractivity contribution in [1.29, 1.82) is 0 Å². The average Bonchev–Trinajstić information content (AvgIpc) is 2.43. The minimum absolute atomic E-state index is 0.0781. The van der Waals surface area contributed by atoms with Gasteiger partial charge in [0.05, 0.1) is 17.3 Å². The third-order valence-corrected chi connectivity index (χ3v) is 3.79. The van der Waals surface area contributed by atoms with Gasteiger partial charge in [-0.2, -0.15) is 0 Å². The molecule has 1 aromatic rings. The second-order valence-electron chi connectivity index (χ2n) is 5.05. The molecule has 0 aromatic heterocycles. The number of carbonyl (C=O) groups excluding carboxylic acids is 1. The summed E-state index contributed by atoms with van der Waals surface area (Å²) in [6.45, 7) is 1.87. The molecule has 0 aliphatic carbocycles. The van der Waals surface area contributed by atoms with Crippen LogP contribution in [-0.4, -0.2) is 43.7 Å². The van der Waals surface area contributed by atoms with E-state index in [1.54, 1.807) is 18.2 Å². The van der Waals surface area contributed by atoms with Gasteiger partial charge in [0.25, 0.3) is 0 Å². The van der Waals surface area contributed by atoms with Crippen LogP contribution in [0.2, 0.25) is 5.02 Å². The Morgan fingerprint density at radius 2 is 2.20 bits per heavy atom. The first-order chi connectivity index (χ1) is 9.56. The van der Waals surface area contributed by atoms with Crippen LogP contribution in [-0.2, 0) is 9.53 Å². The van der Waals surface area contributed by atoms with Crippen molar-refractivity contribution in [2.75, 3.05) is 37.9 Å². The molecule has 5 nitrogen and oxygen atoms in total. The Kier molecular flexibility index (Phi) is 5.23. The van der Waals surface area contributed by atoms with Crippen molar-refractivity contribution in [3.05, 3.63) is 23.2 Å². The summed E-state index contributed by atoms with van der Waals surface area (Å²) in [5, 5.41) is 3.26. The van der Waals surface area contributed by atoms with E-state index in [0.29, 0.717) is 29.0 Å². The SMILES string of the molecule is CN(CC(=O)Nc1ccc(N)cc1Cl)C1CCOCC1. The molecular formula is C14H20ClN3O2. The number of ether oxygens (including phenoxy) is 1. The minimum atomic E-state index is -0.0781. The maximum Gasteiger partial charge on any atom is 0.238 e. The Bertz CT molecular complexity index is 475. The van der Waals surface area contributed by atoms with E-state index in [-0.39, 0.29) is 5.91 Å². The summed E-state index contributed by atoms with van der Waals surface area (Å²) < 4.78 is 5.32. The van der Waals surface area contributed by atoms with Gasteiger partial charge in [0.2, 0.25) is 5.91 Å². The second kappa shape index (κ2) is 6.92. The summed E-state index contributed by atoms with van der Waals surface area (Å²) in [5.41, 5.74) is 6.78. The Morgan fingerprint density at radius 3 is 2.85 bits per heavy atom. The number of hydrogen-bond acceptors (Lipinski definition) is 4. The van der Waals surface area contributed by atoms with Crippen molar-refractivity contribution in [3.8, 4) is 0 Å². The van der Waals surface area contributed by atoms with Crippen molar-refractivity contribution in [3.63, 3.8) is 0 Å². The van der Waals surface area contributed by atoms with Crippen LogP contribution >= 0.6 is 11.6 Å². The van der Waals surface area contributed by atoms with E-state index in [9.17, 15) is 4.79 Å². The number of likely N-dealkylation sites (N-methyl/N-ethyl adjacent to an activating group) is 1. The van der Waals surface area contributed by atoms with Crippen molar-refractivity contribution >= 4 is 28.9 Å².